The molecule has 0 aliphatic rings. The summed E-state index contributed by atoms with van der Waals surface area (Å²) < 4.78 is 11.4. The molecule has 109 valence electrons. The van der Waals surface area contributed by atoms with Crippen LogP contribution in [-0.4, -0.2) is 29.6 Å². The SMILES string of the molecule is CC(=O)C(C(C)=O)C(=O)[CH2][Ti]([O]C(C)C)[O]C(C)C. The molecule has 0 spiro atoms. The minimum absolute atomic E-state index is 0.0327. The first-order valence-corrected chi connectivity index (χ1v) is 8.75. The quantitative estimate of drug-likeness (QED) is 0.482. The Kier molecular flexibility index (Phi) is 8.58. The van der Waals surface area contributed by atoms with Crippen LogP contribution in [0.5, 0.6) is 0 Å². The summed E-state index contributed by atoms with van der Waals surface area (Å²) in [5.74, 6) is -2.36. The molecule has 5 nitrogen and oxygen atoms in total. The van der Waals surface area contributed by atoms with Gasteiger partial charge in [-0.05, 0) is 0 Å². The van der Waals surface area contributed by atoms with Crippen molar-refractivity contribution in [1.29, 1.82) is 0 Å². The Morgan fingerprint density at radius 2 is 1.26 bits per heavy atom. The van der Waals surface area contributed by atoms with Crippen LogP contribution in [0.25, 0.3) is 0 Å². The summed E-state index contributed by atoms with van der Waals surface area (Å²) in [5, 5.41) is 0. The van der Waals surface area contributed by atoms with Gasteiger partial charge >= 0.3 is 121 Å². The van der Waals surface area contributed by atoms with Crippen molar-refractivity contribution in [3.05, 3.63) is 0 Å². The van der Waals surface area contributed by atoms with Crippen molar-refractivity contribution >= 4 is 17.3 Å². The molecule has 0 aromatic rings. The van der Waals surface area contributed by atoms with E-state index in [1.807, 2.05) is 27.7 Å². The second kappa shape index (κ2) is 8.74. The third kappa shape index (κ3) is 7.72. The van der Waals surface area contributed by atoms with Gasteiger partial charge in [-0.1, -0.05) is 0 Å². The van der Waals surface area contributed by atoms with Crippen LogP contribution in [-0.2, 0) is 39.7 Å². The first-order chi connectivity index (χ1) is 8.65. The molecule has 19 heavy (non-hydrogen) atoms. The van der Waals surface area contributed by atoms with Gasteiger partial charge in [0.05, 0.1) is 0 Å². The van der Waals surface area contributed by atoms with E-state index in [4.69, 9.17) is 6.64 Å². The van der Waals surface area contributed by atoms with Crippen molar-refractivity contribution in [2.24, 2.45) is 5.92 Å². The number of carbonyl (C=O) groups is 3. The molecule has 0 aromatic heterocycles. The molecular weight excluding hydrogens is 284 g/mol. The van der Waals surface area contributed by atoms with Crippen molar-refractivity contribution in [1.82, 2.24) is 0 Å². The maximum atomic E-state index is 12.0. The van der Waals surface area contributed by atoms with Crippen LogP contribution >= 0.6 is 0 Å². The Hall–Kier alpha value is -0.356. The summed E-state index contributed by atoms with van der Waals surface area (Å²) in [5.41, 5.74) is 0. The van der Waals surface area contributed by atoms with E-state index in [1.165, 1.54) is 13.8 Å². The molecule has 0 bridgehead atoms. The molecule has 6 heteroatoms. The predicted molar refractivity (Wildman–Crippen MR) is 67.1 cm³/mol. The molecule has 0 atom stereocenters. The van der Waals surface area contributed by atoms with Gasteiger partial charge in [-0.3, -0.25) is 0 Å². The molecular formula is C13H23O5Ti. The Morgan fingerprint density at radius 1 is 0.895 bits per heavy atom. The number of hydrogen-bond donors (Lipinski definition) is 0. The summed E-state index contributed by atoms with van der Waals surface area (Å²) in [4.78, 5) is 34.7. The average molecular weight is 307 g/mol. The van der Waals surface area contributed by atoms with E-state index in [1.54, 1.807) is 0 Å². The van der Waals surface area contributed by atoms with E-state index in [0.717, 1.165) is 0 Å². The summed E-state index contributed by atoms with van der Waals surface area (Å²) in [6, 6.07) is 0. The van der Waals surface area contributed by atoms with E-state index >= 15 is 0 Å². The predicted octanol–water partition coefficient (Wildman–Crippen LogP) is 2.07. The molecule has 0 rings (SSSR count). The van der Waals surface area contributed by atoms with Gasteiger partial charge in [0.25, 0.3) is 0 Å². The van der Waals surface area contributed by atoms with Gasteiger partial charge in [0.1, 0.15) is 0 Å². The first kappa shape index (κ1) is 18.6. The zero-order valence-electron chi connectivity index (χ0n) is 12.5. The number of Topliss-reactive ketones (excluding diaryl/α,β-unsaturated/α-hetero) is 3. The van der Waals surface area contributed by atoms with E-state index in [9.17, 15) is 14.4 Å². The van der Waals surface area contributed by atoms with Crippen LogP contribution in [0.15, 0.2) is 0 Å². The molecule has 0 aromatic carbocycles. The fourth-order valence-electron chi connectivity index (χ4n) is 1.62. The van der Waals surface area contributed by atoms with E-state index < -0.39 is 36.1 Å². The summed E-state index contributed by atoms with van der Waals surface area (Å²) in [7, 11) is 0. The third-order valence-electron chi connectivity index (χ3n) is 2.19. The van der Waals surface area contributed by atoms with Gasteiger partial charge in [0.2, 0.25) is 0 Å². The van der Waals surface area contributed by atoms with Crippen molar-refractivity contribution in [3.8, 4) is 0 Å². The van der Waals surface area contributed by atoms with Crippen LogP contribution < -0.4 is 0 Å². The van der Waals surface area contributed by atoms with E-state index in [2.05, 4.69) is 0 Å². The second-order valence-corrected chi connectivity index (χ2v) is 7.45. The van der Waals surface area contributed by atoms with Gasteiger partial charge in [-0.2, -0.15) is 0 Å². The Labute approximate surface area is 121 Å². The first-order valence-electron chi connectivity index (χ1n) is 6.37. The van der Waals surface area contributed by atoms with Gasteiger partial charge in [-0.15, -0.1) is 0 Å². The van der Waals surface area contributed by atoms with Crippen LogP contribution in [0.2, 0.25) is 4.73 Å². The number of hydrogen-bond acceptors (Lipinski definition) is 5. The number of ketones is 3. The van der Waals surface area contributed by atoms with Gasteiger partial charge in [0, 0.05) is 0 Å². The number of rotatable bonds is 9. The molecule has 0 aliphatic heterocycles. The molecule has 0 saturated heterocycles. The topological polar surface area (TPSA) is 69.7 Å². The fourth-order valence-corrected chi connectivity index (χ4v) is 4.37. The van der Waals surface area contributed by atoms with Crippen LogP contribution in [0, 0.1) is 5.92 Å². The normalized spacial score (nSPS) is 11.2. The Bertz CT molecular complexity index is 314. The molecule has 0 fully saturated rings. The maximum absolute atomic E-state index is 12.0. The van der Waals surface area contributed by atoms with E-state index in [0.29, 0.717) is 0 Å². The molecule has 0 N–H and O–H groups in total. The zero-order valence-corrected chi connectivity index (χ0v) is 14.0. The Morgan fingerprint density at radius 3 is 1.53 bits per heavy atom. The van der Waals surface area contributed by atoms with Gasteiger partial charge in [-0.25, -0.2) is 0 Å². The van der Waals surface area contributed by atoms with Crippen LogP contribution in [0.3, 0.4) is 0 Å². The van der Waals surface area contributed by atoms with Crippen molar-refractivity contribution in [2.45, 2.75) is 58.5 Å². The monoisotopic (exact) mass is 307 g/mol. The summed E-state index contributed by atoms with van der Waals surface area (Å²) >= 11 is -2.49. The fraction of sp³-hybridized carbons (Fsp3) is 0.769. The average Bonchev–Trinajstić information content (AvgIpc) is 2.12. The van der Waals surface area contributed by atoms with Crippen molar-refractivity contribution in [3.63, 3.8) is 0 Å². The van der Waals surface area contributed by atoms with Gasteiger partial charge in [0.15, 0.2) is 0 Å². The molecule has 0 unspecified atom stereocenters. The molecule has 0 heterocycles. The standard InChI is InChI=1S/C7H9O3.2C3H7O.Ti/c1-4(8)7(5(2)9)6(3)10;2*1-3(2)4;/h7H,1H2,2-3H3;2*3H,1-2H3;/q;2*-1;+2. The molecule has 0 saturated carbocycles. The van der Waals surface area contributed by atoms with Crippen LogP contribution in [0.4, 0.5) is 0 Å². The minimum atomic E-state index is -2.49. The van der Waals surface area contributed by atoms with Crippen molar-refractivity contribution in [2.75, 3.05) is 0 Å². The second-order valence-electron chi connectivity index (χ2n) is 5.00. The summed E-state index contributed by atoms with van der Waals surface area (Å²) in [6.45, 7) is 10.00. The molecule has 0 amide bonds. The third-order valence-corrected chi connectivity index (χ3v) is 5.48. The Balaban J connectivity index is 4.76. The zero-order chi connectivity index (χ0) is 15.2. The molecule has 0 aliphatic carbocycles. The number of carbonyl (C=O) groups excluding carboxylic acids is 3. The van der Waals surface area contributed by atoms with Crippen LogP contribution in [0.1, 0.15) is 41.5 Å². The van der Waals surface area contributed by atoms with E-state index in [-0.39, 0.29) is 22.7 Å². The summed E-state index contributed by atoms with van der Waals surface area (Å²) in [6.07, 6.45) is -0.0655. The van der Waals surface area contributed by atoms with Gasteiger partial charge < -0.3 is 0 Å². The molecule has 0 radical (unpaired) electrons. The van der Waals surface area contributed by atoms with Crippen molar-refractivity contribution < 1.29 is 39.7 Å².